The standard InChI is InChI=1S/C12H19O2P/c1-2-14-15(13)11-7-6-10-12-8-4-3-5-9-12/h3-5,8-9,13H,2,6-7,10-11H2,1H3. The average molecular weight is 226 g/mol. The fraction of sp³-hybridized carbons (Fsp3) is 0.500. The van der Waals surface area contributed by atoms with Crippen molar-refractivity contribution in [1.29, 1.82) is 0 Å². The predicted molar refractivity (Wildman–Crippen MR) is 65.0 cm³/mol. The molecule has 0 spiro atoms. The molecule has 15 heavy (non-hydrogen) atoms. The van der Waals surface area contributed by atoms with Gasteiger partial charge >= 0.3 is 0 Å². The molecule has 0 aliphatic heterocycles. The lowest BCUT2D eigenvalue weighted by Crippen LogP contribution is -1.91. The van der Waals surface area contributed by atoms with Crippen molar-refractivity contribution in [3.63, 3.8) is 0 Å². The Hall–Kier alpha value is -0.430. The minimum Gasteiger partial charge on any atom is -0.350 e. The quantitative estimate of drug-likeness (QED) is 0.570. The highest BCUT2D eigenvalue weighted by atomic mass is 31.2. The fourth-order valence-electron chi connectivity index (χ4n) is 1.43. The summed E-state index contributed by atoms with van der Waals surface area (Å²) in [6.07, 6.45) is 4.06. The Balaban J connectivity index is 2.07. The largest absolute Gasteiger partial charge is 0.350 e. The summed E-state index contributed by atoms with van der Waals surface area (Å²) in [4.78, 5) is 9.39. The molecule has 1 rings (SSSR count). The van der Waals surface area contributed by atoms with Crippen LogP contribution in [0.15, 0.2) is 30.3 Å². The van der Waals surface area contributed by atoms with E-state index >= 15 is 0 Å². The van der Waals surface area contributed by atoms with E-state index in [-0.39, 0.29) is 0 Å². The van der Waals surface area contributed by atoms with E-state index in [0.717, 1.165) is 25.4 Å². The minimum absolute atomic E-state index is 0.612. The minimum atomic E-state index is -1.16. The van der Waals surface area contributed by atoms with E-state index in [2.05, 4.69) is 24.3 Å². The van der Waals surface area contributed by atoms with Crippen molar-refractivity contribution in [3.8, 4) is 0 Å². The number of benzene rings is 1. The smallest absolute Gasteiger partial charge is 0.167 e. The third-order valence-electron chi connectivity index (χ3n) is 2.19. The zero-order valence-corrected chi connectivity index (χ0v) is 10.1. The van der Waals surface area contributed by atoms with Crippen LogP contribution >= 0.6 is 8.38 Å². The van der Waals surface area contributed by atoms with Crippen LogP contribution in [0, 0.1) is 0 Å². The lowest BCUT2D eigenvalue weighted by atomic mass is 10.1. The first-order valence-corrected chi connectivity index (χ1v) is 6.86. The molecule has 1 atom stereocenters. The zero-order valence-electron chi connectivity index (χ0n) is 9.22. The summed E-state index contributed by atoms with van der Waals surface area (Å²) >= 11 is 0. The molecule has 1 unspecified atom stereocenters. The fourth-order valence-corrected chi connectivity index (χ4v) is 2.36. The number of rotatable bonds is 7. The maximum absolute atomic E-state index is 9.39. The van der Waals surface area contributed by atoms with Gasteiger partial charge in [0.2, 0.25) is 0 Å². The summed E-state index contributed by atoms with van der Waals surface area (Å²) in [6.45, 7) is 2.52. The van der Waals surface area contributed by atoms with Gasteiger partial charge in [-0.1, -0.05) is 30.3 Å². The third kappa shape index (κ3) is 5.88. The highest BCUT2D eigenvalue weighted by Crippen LogP contribution is 2.32. The van der Waals surface area contributed by atoms with Crippen molar-refractivity contribution in [2.75, 3.05) is 12.8 Å². The molecule has 1 N–H and O–H groups in total. The number of aryl methyl sites for hydroxylation is 1. The average Bonchev–Trinajstić information content (AvgIpc) is 2.26. The molecule has 1 aromatic rings. The summed E-state index contributed by atoms with van der Waals surface area (Å²) in [5.74, 6) is 0. The van der Waals surface area contributed by atoms with Crippen molar-refractivity contribution in [1.82, 2.24) is 0 Å². The van der Waals surface area contributed by atoms with E-state index < -0.39 is 8.38 Å². The van der Waals surface area contributed by atoms with Crippen molar-refractivity contribution in [3.05, 3.63) is 35.9 Å². The summed E-state index contributed by atoms with van der Waals surface area (Å²) < 4.78 is 5.11. The van der Waals surface area contributed by atoms with Crippen LogP contribution in [-0.2, 0) is 10.9 Å². The Labute approximate surface area is 93.2 Å². The van der Waals surface area contributed by atoms with E-state index in [4.69, 9.17) is 4.52 Å². The predicted octanol–water partition coefficient (Wildman–Crippen LogP) is 3.35. The molecule has 0 aliphatic rings. The summed E-state index contributed by atoms with van der Waals surface area (Å²) in [5, 5.41) is 0. The SMILES string of the molecule is CCOP(O)CCCCc1ccccc1. The van der Waals surface area contributed by atoms with Gasteiger partial charge < -0.3 is 9.42 Å². The molecule has 0 amide bonds. The number of hydrogen-bond donors (Lipinski definition) is 1. The lowest BCUT2D eigenvalue weighted by molar-refractivity contribution is 0.328. The maximum atomic E-state index is 9.39. The summed E-state index contributed by atoms with van der Waals surface area (Å²) in [5.41, 5.74) is 1.37. The first-order valence-electron chi connectivity index (χ1n) is 5.46. The van der Waals surface area contributed by atoms with Gasteiger partial charge in [0, 0.05) is 6.16 Å². The molecule has 0 aromatic heterocycles. The van der Waals surface area contributed by atoms with Gasteiger partial charge in [0.05, 0.1) is 6.61 Å². The molecule has 0 saturated carbocycles. The Morgan fingerprint density at radius 3 is 2.60 bits per heavy atom. The van der Waals surface area contributed by atoms with E-state index in [1.54, 1.807) is 0 Å². The molecule has 1 aromatic carbocycles. The number of unbranched alkanes of at least 4 members (excludes halogenated alkanes) is 1. The molecule has 84 valence electrons. The van der Waals surface area contributed by atoms with Crippen LogP contribution in [0.3, 0.4) is 0 Å². The lowest BCUT2D eigenvalue weighted by Gasteiger charge is -2.08. The Kier molecular flexibility index (Phi) is 6.58. The van der Waals surface area contributed by atoms with Gasteiger partial charge in [0.15, 0.2) is 8.38 Å². The third-order valence-corrected chi connectivity index (χ3v) is 3.44. The van der Waals surface area contributed by atoms with Crippen LogP contribution in [0.4, 0.5) is 0 Å². The second kappa shape index (κ2) is 7.81. The van der Waals surface area contributed by atoms with Crippen molar-refractivity contribution in [2.24, 2.45) is 0 Å². The van der Waals surface area contributed by atoms with Gasteiger partial charge in [0.25, 0.3) is 0 Å². The Morgan fingerprint density at radius 1 is 1.20 bits per heavy atom. The Bertz CT molecular complexity index is 251. The molecular weight excluding hydrogens is 207 g/mol. The van der Waals surface area contributed by atoms with Gasteiger partial charge in [0.1, 0.15) is 0 Å². The highest BCUT2D eigenvalue weighted by Gasteiger charge is 2.02. The van der Waals surface area contributed by atoms with E-state index in [1.807, 2.05) is 13.0 Å². The van der Waals surface area contributed by atoms with Crippen LogP contribution < -0.4 is 0 Å². The second-order valence-electron chi connectivity index (χ2n) is 3.44. The van der Waals surface area contributed by atoms with Crippen LogP contribution in [0.2, 0.25) is 0 Å². The van der Waals surface area contributed by atoms with E-state index in [9.17, 15) is 4.89 Å². The molecule has 0 aliphatic carbocycles. The molecule has 0 saturated heterocycles. The molecule has 0 fully saturated rings. The molecular formula is C12H19O2P. The first-order chi connectivity index (χ1) is 7.33. The molecule has 0 bridgehead atoms. The monoisotopic (exact) mass is 226 g/mol. The van der Waals surface area contributed by atoms with Gasteiger partial charge in [-0.15, -0.1) is 0 Å². The van der Waals surface area contributed by atoms with Gasteiger partial charge in [-0.2, -0.15) is 0 Å². The first kappa shape index (κ1) is 12.6. The second-order valence-corrected chi connectivity index (χ2v) is 4.85. The highest BCUT2D eigenvalue weighted by molar-refractivity contribution is 7.46. The van der Waals surface area contributed by atoms with Crippen LogP contribution in [0.25, 0.3) is 0 Å². The Morgan fingerprint density at radius 2 is 1.93 bits per heavy atom. The van der Waals surface area contributed by atoms with Crippen molar-refractivity contribution in [2.45, 2.75) is 26.2 Å². The topological polar surface area (TPSA) is 29.5 Å². The normalized spacial score (nSPS) is 12.7. The molecule has 0 radical (unpaired) electrons. The molecule has 0 heterocycles. The van der Waals surface area contributed by atoms with Crippen molar-refractivity contribution < 1.29 is 9.42 Å². The van der Waals surface area contributed by atoms with Crippen LogP contribution in [0.1, 0.15) is 25.3 Å². The number of hydrogen-bond acceptors (Lipinski definition) is 2. The summed E-state index contributed by atoms with van der Waals surface area (Å²) in [7, 11) is -1.16. The van der Waals surface area contributed by atoms with Gasteiger partial charge in [-0.25, -0.2) is 0 Å². The van der Waals surface area contributed by atoms with Crippen molar-refractivity contribution >= 4 is 8.38 Å². The van der Waals surface area contributed by atoms with Gasteiger partial charge in [-0.3, -0.25) is 0 Å². The van der Waals surface area contributed by atoms with Gasteiger partial charge in [-0.05, 0) is 31.7 Å². The van der Waals surface area contributed by atoms with E-state index in [1.165, 1.54) is 5.56 Å². The maximum Gasteiger partial charge on any atom is 0.167 e. The zero-order chi connectivity index (χ0) is 10.9. The van der Waals surface area contributed by atoms with Crippen LogP contribution in [0.5, 0.6) is 0 Å². The molecule has 2 nitrogen and oxygen atoms in total. The van der Waals surface area contributed by atoms with Crippen LogP contribution in [-0.4, -0.2) is 17.7 Å². The molecule has 3 heteroatoms. The van der Waals surface area contributed by atoms with E-state index in [0.29, 0.717) is 6.61 Å². The summed E-state index contributed by atoms with van der Waals surface area (Å²) in [6, 6.07) is 10.4.